The number of halogens is 1. The van der Waals surface area contributed by atoms with Gasteiger partial charge >= 0.3 is 0 Å². The summed E-state index contributed by atoms with van der Waals surface area (Å²) in [5.74, 6) is 2.12. The largest absolute Gasteiger partial charge is 0.495 e. The summed E-state index contributed by atoms with van der Waals surface area (Å²) in [5.41, 5.74) is 1.88. The first kappa shape index (κ1) is 13.6. The van der Waals surface area contributed by atoms with Gasteiger partial charge in [-0.1, -0.05) is 0 Å². The van der Waals surface area contributed by atoms with Gasteiger partial charge in [0.15, 0.2) is 0 Å². The smallest absolute Gasteiger partial charge is 0.224 e. The molecule has 1 aromatic heterocycles. The minimum Gasteiger partial charge on any atom is -0.495 e. The summed E-state index contributed by atoms with van der Waals surface area (Å²) in [6.45, 7) is 1.96. The van der Waals surface area contributed by atoms with E-state index in [0.29, 0.717) is 5.95 Å². The van der Waals surface area contributed by atoms with Gasteiger partial charge in [-0.05, 0) is 35.0 Å². The number of hydrogen-bond donors (Lipinski definition) is 2. The van der Waals surface area contributed by atoms with Crippen LogP contribution in [0, 0.1) is 6.92 Å². The lowest BCUT2D eigenvalue weighted by molar-refractivity contribution is 0.412. The van der Waals surface area contributed by atoms with Crippen molar-refractivity contribution in [2.45, 2.75) is 6.92 Å². The number of aryl methyl sites for hydroxylation is 1. The summed E-state index contributed by atoms with van der Waals surface area (Å²) in [5, 5.41) is 6.17. The second kappa shape index (κ2) is 5.88. The normalized spacial score (nSPS) is 10.1. The molecule has 0 aliphatic carbocycles. The highest BCUT2D eigenvalue weighted by Crippen LogP contribution is 2.29. The van der Waals surface area contributed by atoms with Gasteiger partial charge in [-0.2, -0.15) is 4.98 Å². The van der Waals surface area contributed by atoms with Crippen LogP contribution in [0.5, 0.6) is 5.75 Å². The fourth-order valence-electron chi connectivity index (χ4n) is 1.56. The van der Waals surface area contributed by atoms with Gasteiger partial charge in [-0.25, -0.2) is 4.98 Å². The highest BCUT2D eigenvalue weighted by Gasteiger charge is 2.06. The molecule has 0 saturated carbocycles. The minimum absolute atomic E-state index is 0.581. The molecular weight excluding hydrogens is 308 g/mol. The van der Waals surface area contributed by atoms with E-state index in [9.17, 15) is 0 Å². The van der Waals surface area contributed by atoms with Gasteiger partial charge in [-0.15, -0.1) is 0 Å². The lowest BCUT2D eigenvalue weighted by atomic mass is 10.3. The predicted molar refractivity (Wildman–Crippen MR) is 80.3 cm³/mol. The van der Waals surface area contributed by atoms with Crippen molar-refractivity contribution in [3.05, 3.63) is 34.4 Å². The van der Waals surface area contributed by atoms with E-state index in [4.69, 9.17) is 4.74 Å². The molecule has 0 aliphatic heterocycles. The Hall–Kier alpha value is -1.82. The average Bonchev–Trinajstić information content (AvgIpc) is 2.43. The van der Waals surface area contributed by atoms with Crippen molar-refractivity contribution in [1.29, 1.82) is 0 Å². The van der Waals surface area contributed by atoms with Crippen LogP contribution in [0.25, 0.3) is 0 Å². The molecule has 1 heterocycles. The van der Waals surface area contributed by atoms with Crippen molar-refractivity contribution in [2.24, 2.45) is 0 Å². The first-order chi connectivity index (χ1) is 9.13. The Morgan fingerprint density at radius 3 is 2.79 bits per heavy atom. The number of rotatable bonds is 4. The third-order valence-corrected chi connectivity index (χ3v) is 3.26. The second-order valence-electron chi connectivity index (χ2n) is 3.95. The Labute approximate surface area is 120 Å². The molecule has 0 bridgehead atoms. The molecule has 0 unspecified atom stereocenters. The maximum Gasteiger partial charge on any atom is 0.224 e. The Bertz CT molecular complexity index is 589. The molecule has 0 fully saturated rings. The molecule has 2 N–H and O–H groups in total. The predicted octanol–water partition coefficient (Wildman–Crippen LogP) is 3.34. The molecule has 0 radical (unpaired) electrons. The van der Waals surface area contributed by atoms with Crippen molar-refractivity contribution >= 4 is 33.4 Å². The minimum atomic E-state index is 0.581. The highest BCUT2D eigenvalue weighted by molar-refractivity contribution is 9.10. The maximum absolute atomic E-state index is 5.27. The van der Waals surface area contributed by atoms with Gasteiger partial charge in [0.2, 0.25) is 5.95 Å². The molecule has 0 aliphatic rings. The van der Waals surface area contributed by atoms with Crippen molar-refractivity contribution in [2.75, 3.05) is 24.8 Å². The molecule has 2 rings (SSSR count). The van der Waals surface area contributed by atoms with Crippen LogP contribution in [0.15, 0.2) is 28.9 Å². The van der Waals surface area contributed by atoms with Crippen molar-refractivity contribution in [1.82, 2.24) is 9.97 Å². The molecule has 0 atom stereocenters. The molecular formula is C13H15BrN4O. The van der Waals surface area contributed by atoms with Crippen LogP contribution < -0.4 is 15.4 Å². The van der Waals surface area contributed by atoms with E-state index in [1.165, 1.54) is 0 Å². The van der Waals surface area contributed by atoms with E-state index >= 15 is 0 Å². The van der Waals surface area contributed by atoms with Gasteiger partial charge in [0, 0.05) is 30.6 Å². The molecule has 19 heavy (non-hydrogen) atoms. The SMILES string of the molecule is CNc1ncc(C)c(Nc2ccc(Br)c(OC)c2)n1. The Kier molecular flexibility index (Phi) is 4.21. The molecule has 2 aromatic rings. The highest BCUT2D eigenvalue weighted by atomic mass is 79.9. The average molecular weight is 323 g/mol. The molecule has 0 amide bonds. The van der Waals surface area contributed by atoms with Crippen molar-refractivity contribution < 1.29 is 4.74 Å². The molecule has 100 valence electrons. The van der Waals surface area contributed by atoms with Crippen LogP contribution in [0.1, 0.15) is 5.56 Å². The molecule has 0 spiro atoms. The fraction of sp³-hybridized carbons (Fsp3) is 0.231. The van der Waals surface area contributed by atoms with Crippen molar-refractivity contribution in [3.63, 3.8) is 0 Å². The molecule has 5 nitrogen and oxygen atoms in total. The van der Waals surface area contributed by atoms with E-state index in [2.05, 4.69) is 36.5 Å². The molecule has 0 saturated heterocycles. The van der Waals surface area contributed by atoms with E-state index in [-0.39, 0.29) is 0 Å². The van der Waals surface area contributed by atoms with E-state index in [1.807, 2.05) is 25.1 Å². The molecule has 1 aromatic carbocycles. The molecule has 6 heteroatoms. The van der Waals surface area contributed by atoms with Gasteiger partial charge in [0.1, 0.15) is 11.6 Å². The number of ether oxygens (including phenoxy) is 1. The van der Waals surface area contributed by atoms with Crippen LogP contribution in [0.3, 0.4) is 0 Å². The number of anilines is 3. The summed E-state index contributed by atoms with van der Waals surface area (Å²) in [6, 6.07) is 5.79. The summed E-state index contributed by atoms with van der Waals surface area (Å²) in [4.78, 5) is 8.53. The number of nitrogens with one attached hydrogen (secondary N) is 2. The van der Waals surface area contributed by atoms with Crippen LogP contribution in [0.4, 0.5) is 17.5 Å². The summed E-state index contributed by atoms with van der Waals surface area (Å²) in [6.07, 6.45) is 1.78. The number of hydrogen-bond acceptors (Lipinski definition) is 5. The van der Waals surface area contributed by atoms with Crippen LogP contribution >= 0.6 is 15.9 Å². The number of nitrogens with zero attached hydrogens (tertiary/aromatic N) is 2. The Morgan fingerprint density at radius 2 is 2.11 bits per heavy atom. The van der Waals surface area contributed by atoms with Crippen LogP contribution in [-0.2, 0) is 0 Å². The Balaban J connectivity index is 2.30. The van der Waals surface area contributed by atoms with E-state index in [0.717, 1.165) is 27.3 Å². The third kappa shape index (κ3) is 3.14. The van der Waals surface area contributed by atoms with Gasteiger partial charge < -0.3 is 15.4 Å². The number of methoxy groups -OCH3 is 1. The van der Waals surface area contributed by atoms with Crippen LogP contribution in [-0.4, -0.2) is 24.1 Å². The Morgan fingerprint density at radius 1 is 1.32 bits per heavy atom. The van der Waals surface area contributed by atoms with Crippen LogP contribution in [0.2, 0.25) is 0 Å². The first-order valence-corrected chi connectivity index (χ1v) is 6.55. The van der Waals surface area contributed by atoms with Gasteiger partial charge in [0.05, 0.1) is 11.6 Å². The lowest BCUT2D eigenvalue weighted by Crippen LogP contribution is -2.02. The lowest BCUT2D eigenvalue weighted by Gasteiger charge is -2.11. The standard InChI is InChI=1S/C13H15BrN4O/c1-8-7-16-13(15-2)18-12(8)17-9-4-5-10(14)11(6-9)19-3/h4-7H,1-3H3,(H2,15,16,17,18). The summed E-state index contributed by atoms with van der Waals surface area (Å²) >= 11 is 3.42. The van der Waals surface area contributed by atoms with E-state index < -0.39 is 0 Å². The van der Waals surface area contributed by atoms with Gasteiger partial charge in [-0.3, -0.25) is 0 Å². The third-order valence-electron chi connectivity index (χ3n) is 2.61. The summed E-state index contributed by atoms with van der Waals surface area (Å²) in [7, 11) is 3.43. The first-order valence-electron chi connectivity index (χ1n) is 5.76. The zero-order valence-corrected chi connectivity index (χ0v) is 12.6. The second-order valence-corrected chi connectivity index (χ2v) is 4.80. The number of benzene rings is 1. The van der Waals surface area contributed by atoms with Gasteiger partial charge in [0.25, 0.3) is 0 Å². The maximum atomic E-state index is 5.27. The monoisotopic (exact) mass is 322 g/mol. The quantitative estimate of drug-likeness (QED) is 0.904. The van der Waals surface area contributed by atoms with E-state index in [1.54, 1.807) is 20.4 Å². The zero-order valence-electron chi connectivity index (χ0n) is 11.0. The fourth-order valence-corrected chi connectivity index (χ4v) is 1.97. The summed E-state index contributed by atoms with van der Waals surface area (Å²) < 4.78 is 6.18. The topological polar surface area (TPSA) is 59.1 Å². The zero-order chi connectivity index (χ0) is 13.8. The number of aromatic nitrogens is 2. The van der Waals surface area contributed by atoms with Crippen molar-refractivity contribution in [3.8, 4) is 5.75 Å².